The van der Waals surface area contributed by atoms with Crippen LogP contribution in [0.4, 0.5) is 0 Å². The first kappa shape index (κ1) is 17.1. The molecule has 0 spiro atoms. The highest BCUT2D eigenvalue weighted by atomic mass is 127. The van der Waals surface area contributed by atoms with Crippen LogP contribution in [-0.2, 0) is 12.7 Å². The molecule has 2 aromatic carbocycles. The minimum Gasteiger partial charge on any atom is -0.481 e. The van der Waals surface area contributed by atoms with E-state index in [9.17, 15) is 14.4 Å². The Balaban J connectivity index is 2.14. The molecule has 0 radical (unpaired) electrons. The Kier molecular flexibility index (Phi) is 5.86. The molecular formula is C17H13IO5. The number of aliphatic carboxylic acids is 1. The van der Waals surface area contributed by atoms with Crippen molar-refractivity contribution in [2.24, 2.45) is 5.92 Å². The molecule has 0 aliphatic heterocycles. The summed E-state index contributed by atoms with van der Waals surface area (Å²) in [4.78, 5) is 34.6. The first-order chi connectivity index (χ1) is 11.0. The number of halogens is 1. The molecule has 1 N–H and O–H groups in total. The molecule has 0 fully saturated rings. The van der Waals surface area contributed by atoms with Gasteiger partial charge in [0.2, 0.25) is 0 Å². The van der Waals surface area contributed by atoms with Crippen LogP contribution in [0.1, 0.15) is 16.8 Å². The van der Waals surface area contributed by atoms with E-state index < -0.39 is 30.1 Å². The maximum atomic E-state index is 12.2. The van der Waals surface area contributed by atoms with E-state index in [0.717, 1.165) is 11.1 Å². The molecule has 0 aromatic heterocycles. The van der Waals surface area contributed by atoms with E-state index in [0.29, 0.717) is 5.56 Å². The van der Waals surface area contributed by atoms with E-state index >= 15 is 0 Å². The quantitative estimate of drug-likeness (QED) is 0.436. The average molecular weight is 424 g/mol. The zero-order chi connectivity index (χ0) is 16.8. The minimum absolute atomic E-state index is 0.359. The maximum absolute atomic E-state index is 12.2. The molecule has 1 atom stereocenters. The highest BCUT2D eigenvalue weighted by Gasteiger charge is 2.30. The van der Waals surface area contributed by atoms with Crippen molar-refractivity contribution in [2.75, 3.05) is 0 Å². The predicted octanol–water partition coefficient (Wildman–Crippen LogP) is 3.52. The lowest BCUT2D eigenvalue weighted by Gasteiger charge is -2.09. The fourth-order valence-corrected chi connectivity index (χ4v) is 2.41. The van der Waals surface area contributed by atoms with Crippen LogP contribution >= 0.6 is 23.0 Å². The second kappa shape index (κ2) is 7.87. The molecule has 1 unspecified atom stereocenters. The predicted molar refractivity (Wildman–Crippen MR) is 92.1 cm³/mol. The van der Waals surface area contributed by atoms with Crippen LogP contribution in [0.25, 0.3) is 11.1 Å². The van der Waals surface area contributed by atoms with Gasteiger partial charge in [-0.2, -0.15) is 0 Å². The number of rotatable bonds is 6. The monoisotopic (exact) mass is 424 g/mol. The van der Waals surface area contributed by atoms with Gasteiger partial charge in [-0.05, 0) is 11.1 Å². The summed E-state index contributed by atoms with van der Waals surface area (Å²) in [5.41, 5.74) is 2.32. The summed E-state index contributed by atoms with van der Waals surface area (Å²) in [7, 11) is 0. The summed E-state index contributed by atoms with van der Waals surface area (Å²) in [5.74, 6) is -4.22. The standard InChI is InChI=1S/C17H13IO5/c18-23-17(22)14(16(20)21)10-15(19)13-8-6-12(7-9-13)11-4-2-1-3-5-11/h1-9,14H,10H2,(H,20,21). The third-order valence-corrected chi connectivity index (χ3v) is 3.80. The molecule has 118 valence electrons. The van der Waals surface area contributed by atoms with Gasteiger partial charge in [-0.1, -0.05) is 54.6 Å². The molecular weight excluding hydrogens is 411 g/mol. The Bertz CT molecular complexity index is 710. The molecule has 0 amide bonds. The highest BCUT2D eigenvalue weighted by molar-refractivity contribution is 14.1. The number of hydrogen-bond acceptors (Lipinski definition) is 4. The van der Waals surface area contributed by atoms with E-state index in [1.807, 2.05) is 30.3 Å². The molecule has 0 bridgehead atoms. The second-order valence-electron chi connectivity index (χ2n) is 4.86. The van der Waals surface area contributed by atoms with Crippen molar-refractivity contribution in [3.63, 3.8) is 0 Å². The SMILES string of the molecule is O=C(CC(C(=O)O)C(=O)OI)c1ccc(-c2ccccc2)cc1. The van der Waals surface area contributed by atoms with Crippen LogP contribution in [0.15, 0.2) is 54.6 Å². The summed E-state index contributed by atoms with van der Waals surface area (Å²) in [5, 5.41) is 9.01. The summed E-state index contributed by atoms with van der Waals surface area (Å²) < 4.78 is 4.39. The van der Waals surface area contributed by atoms with Gasteiger partial charge in [-0.15, -0.1) is 0 Å². The van der Waals surface area contributed by atoms with Crippen LogP contribution < -0.4 is 0 Å². The van der Waals surface area contributed by atoms with Gasteiger partial charge in [0.25, 0.3) is 0 Å². The number of carbonyl (C=O) groups is 3. The van der Waals surface area contributed by atoms with Crippen LogP contribution in [0.5, 0.6) is 0 Å². The highest BCUT2D eigenvalue weighted by Crippen LogP contribution is 2.21. The van der Waals surface area contributed by atoms with Crippen LogP contribution in [0.3, 0.4) is 0 Å². The van der Waals surface area contributed by atoms with Gasteiger partial charge in [0.1, 0.15) is 0 Å². The first-order valence-electron chi connectivity index (χ1n) is 6.77. The van der Waals surface area contributed by atoms with Crippen molar-refractivity contribution >= 4 is 40.7 Å². The third-order valence-electron chi connectivity index (χ3n) is 3.36. The fraction of sp³-hybridized carbons (Fsp3) is 0.118. The molecule has 0 saturated heterocycles. The van der Waals surface area contributed by atoms with Crippen LogP contribution in [-0.4, -0.2) is 22.8 Å². The Morgan fingerprint density at radius 2 is 1.52 bits per heavy atom. The molecule has 2 rings (SSSR count). The minimum atomic E-state index is -1.49. The van der Waals surface area contributed by atoms with Crippen molar-refractivity contribution in [3.05, 3.63) is 60.2 Å². The molecule has 0 aliphatic rings. The maximum Gasteiger partial charge on any atom is 0.330 e. The van der Waals surface area contributed by atoms with Crippen molar-refractivity contribution in [1.82, 2.24) is 0 Å². The number of carboxylic acid groups (broad SMARTS) is 1. The molecule has 6 heteroatoms. The molecule has 0 aliphatic carbocycles. The number of carbonyl (C=O) groups excluding carboxylic acids is 2. The number of benzene rings is 2. The van der Waals surface area contributed by atoms with Crippen molar-refractivity contribution in [1.29, 1.82) is 0 Å². The Hall–Kier alpha value is -2.22. The number of hydrogen-bond donors (Lipinski definition) is 1. The van der Waals surface area contributed by atoms with Crippen LogP contribution in [0, 0.1) is 5.92 Å². The number of Topliss-reactive ketones (excluding diaryl/α,β-unsaturated/α-hetero) is 1. The van der Waals surface area contributed by atoms with E-state index in [1.54, 1.807) is 24.3 Å². The molecule has 0 saturated carbocycles. The van der Waals surface area contributed by atoms with Crippen molar-refractivity contribution < 1.29 is 22.6 Å². The fourth-order valence-electron chi connectivity index (χ4n) is 2.11. The third kappa shape index (κ3) is 4.38. The smallest absolute Gasteiger partial charge is 0.330 e. The second-order valence-corrected chi connectivity index (χ2v) is 5.30. The zero-order valence-electron chi connectivity index (χ0n) is 11.9. The molecule has 5 nitrogen and oxygen atoms in total. The Morgan fingerprint density at radius 1 is 0.957 bits per heavy atom. The van der Waals surface area contributed by atoms with Crippen LogP contribution in [0.2, 0.25) is 0 Å². The average Bonchev–Trinajstić information content (AvgIpc) is 2.59. The van der Waals surface area contributed by atoms with Gasteiger partial charge in [-0.25, -0.2) is 0 Å². The Labute approximate surface area is 147 Å². The zero-order valence-corrected chi connectivity index (χ0v) is 14.1. The van der Waals surface area contributed by atoms with Crippen molar-refractivity contribution in [3.8, 4) is 11.1 Å². The molecule has 2 aromatic rings. The largest absolute Gasteiger partial charge is 0.481 e. The van der Waals surface area contributed by atoms with E-state index in [4.69, 9.17) is 5.11 Å². The molecule has 23 heavy (non-hydrogen) atoms. The lowest BCUT2D eigenvalue weighted by Crippen LogP contribution is -2.26. The summed E-state index contributed by atoms with van der Waals surface area (Å²) in [6, 6.07) is 16.5. The van der Waals surface area contributed by atoms with Gasteiger partial charge >= 0.3 is 11.9 Å². The summed E-state index contributed by atoms with van der Waals surface area (Å²) in [6.07, 6.45) is -0.429. The van der Waals surface area contributed by atoms with Gasteiger partial charge in [0, 0.05) is 12.0 Å². The lowest BCUT2D eigenvalue weighted by molar-refractivity contribution is -0.151. The number of carboxylic acids is 1. The first-order valence-corrected chi connectivity index (χ1v) is 7.65. The summed E-state index contributed by atoms with van der Waals surface area (Å²) in [6.45, 7) is 0. The number of ketones is 1. The van der Waals surface area contributed by atoms with Gasteiger partial charge in [0.15, 0.2) is 34.7 Å². The summed E-state index contributed by atoms with van der Waals surface area (Å²) >= 11 is 1.31. The van der Waals surface area contributed by atoms with E-state index in [1.165, 1.54) is 23.0 Å². The van der Waals surface area contributed by atoms with E-state index in [2.05, 4.69) is 3.07 Å². The lowest BCUT2D eigenvalue weighted by atomic mass is 9.96. The van der Waals surface area contributed by atoms with E-state index in [-0.39, 0.29) is 0 Å². The normalized spacial score (nSPS) is 11.5. The van der Waals surface area contributed by atoms with Gasteiger partial charge in [0.05, 0.1) is 0 Å². The van der Waals surface area contributed by atoms with Gasteiger partial charge in [-0.3, -0.25) is 14.4 Å². The molecule has 0 heterocycles. The van der Waals surface area contributed by atoms with Gasteiger partial charge < -0.3 is 8.17 Å². The topological polar surface area (TPSA) is 80.7 Å². The van der Waals surface area contributed by atoms with Crippen molar-refractivity contribution in [2.45, 2.75) is 6.42 Å². The Morgan fingerprint density at radius 3 is 2.04 bits per heavy atom.